The standard InChI is InChI=1S/CF2O.ClH/c2-1(3)4;/h;1H/p-1. The molecular formula is CClF2O-. The lowest BCUT2D eigenvalue weighted by Gasteiger charge is -1.45. The van der Waals surface area contributed by atoms with Crippen molar-refractivity contribution in [2.75, 3.05) is 0 Å². The van der Waals surface area contributed by atoms with Crippen LogP contribution in [0.1, 0.15) is 0 Å². The van der Waals surface area contributed by atoms with Crippen LogP contribution in [0, 0.1) is 0 Å². The van der Waals surface area contributed by atoms with Gasteiger partial charge in [-0.15, -0.1) is 8.78 Å². The van der Waals surface area contributed by atoms with E-state index in [2.05, 4.69) is 0 Å². The fourth-order valence-corrected chi connectivity index (χ4v) is 0. The van der Waals surface area contributed by atoms with E-state index in [0.717, 1.165) is 0 Å². The summed E-state index contributed by atoms with van der Waals surface area (Å²) in [5.74, 6) is 0. The zero-order valence-electron chi connectivity index (χ0n) is 2.04. The van der Waals surface area contributed by atoms with E-state index in [-0.39, 0.29) is 12.4 Å². The van der Waals surface area contributed by atoms with Crippen molar-refractivity contribution in [3.63, 3.8) is 0 Å². The monoisotopic (exact) mass is 101 g/mol. The molecule has 0 aromatic heterocycles. The molecule has 4 heteroatoms. The van der Waals surface area contributed by atoms with Crippen molar-refractivity contribution in [3.05, 3.63) is 0 Å². The Morgan fingerprint density at radius 2 is 1.40 bits per heavy atom. The molecule has 0 N–H and O–H groups in total. The van der Waals surface area contributed by atoms with E-state index in [1.54, 1.807) is 0 Å². The zero-order valence-corrected chi connectivity index (χ0v) is 2.80. The Kier molecular flexibility index (Phi) is 6.76. The molecule has 0 aliphatic rings. The molecule has 0 saturated heterocycles. The molecule has 0 atom stereocenters. The van der Waals surface area contributed by atoms with Gasteiger partial charge in [-0.3, -0.25) is 0 Å². The van der Waals surface area contributed by atoms with Crippen molar-refractivity contribution in [2.45, 2.75) is 0 Å². The normalized spacial score (nSPS) is 5.20. The van der Waals surface area contributed by atoms with Crippen molar-refractivity contribution < 1.29 is 26.0 Å². The highest BCUT2D eigenvalue weighted by Crippen LogP contribution is 1.70. The second kappa shape index (κ2) is 3.82. The quantitative estimate of drug-likeness (QED) is 0.324. The van der Waals surface area contributed by atoms with Crippen LogP contribution in [0.15, 0.2) is 0 Å². The molecule has 5 heavy (non-hydrogen) atoms. The first-order chi connectivity index (χ1) is 1.73. The molecule has 0 aromatic carbocycles. The maximum absolute atomic E-state index is 9.69. The molecule has 0 aromatic rings. The van der Waals surface area contributed by atoms with E-state index in [9.17, 15) is 8.78 Å². The van der Waals surface area contributed by atoms with Gasteiger partial charge in [0.25, 0.3) is 0 Å². The highest BCUT2D eigenvalue weighted by atomic mass is 35.5. The van der Waals surface area contributed by atoms with Crippen LogP contribution in [0.4, 0.5) is 13.6 Å². The van der Waals surface area contributed by atoms with Crippen molar-refractivity contribution in [2.24, 2.45) is 0 Å². The van der Waals surface area contributed by atoms with Gasteiger partial charge in [0.1, 0.15) is 0 Å². The van der Waals surface area contributed by atoms with Crippen LogP contribution < -0.4 is 12.4 Å². The molecule has 0 aliphatic carbocycles. The van der Waals surface area contributed by atoms with Gasteiger partial charge in [0.05, 0.1) is 0 Å². The fourth-order valence-electron chi connectivity index (χ4n) is 0. The molecule has 32 valence electrons. The lowest BCUT2D eigenvalue weighted by molar-refractivity contribution is -0.00000791. The van der Waals surface area contributed by atoms with E-state index >= 15 is 0 Å². The van der Waals surface area contributed by atoms with Gasteiger partial charge < -0.3 is 12.4 Å². The Morgan fingerprint density at radius 1 is 1.40 bits per heavy atom. The number of carbonyl (C=O) groups excluding carboxylic acids is 1. The summed E-state index contributed by atoms with van der Waals surface area (Å²) in [4.78, 5) is 8.11. The molecule has 0 heterocycles. The molecule has 0 unspecified atom stereocenters. The van der Waals surface area contributed by atoms with Crippen molar-refractivity contribution in [1.82, 2.24) is 0 Å². The minimum atomic E-state index is -2.83. The Bertz CT molecular complexity index is 32.6. The molecule has 0 rings (SSSR count). The van der Waals surface area contributed by atoms with Crippen LogP contribution in [0.5, 0.6) is 0 Å². The van der Waals surface area contributed by atoms with Gasteiger partial charge in [0, 0.05) is 0 Å². The van der Waals surface area contributed by atoms with Crippen molar-refractivity contribution in [3.8, 4) is 0 Å². The Labute approximate surface area is 33.4 Å². The third-order valence-corrected chi connectivity index (χ3v) is 0. The van der Waals surface area contributed by atoms with Gasteiger partial charge in [0.15, 0.2) is 0 Å². The molecule has 0 fully saturated rings. The summed E-state index contributed by atoms with van der Waals surface area (Å²) in [6.45, 7) is 0. The Balaban J connectivity index is 0. The minimum Gasteiger partial charge on any atom is -1.00 e. The number of hydrogen-bond donors (Lipinski definition) is 0. The first kappa shape index (κ1) is 8.84. The van der Waals surface area contributed by atoms with E-state index in [1.807, 2.05) is 0 Å². The second-order valence-electron chi connectivity index (χ2n) is 0.226. The number of carbonyl (C=O) groups is 1. The maximum atomic E-state index is 9.69. The number of rotatable bonds is 0. The van der Waals surface area contributed by atoms with Gasteiger partial charge in [-0.25, -0.2) is 4.79 Å². The van der Waals surface area contributed by atoms with Crippen LogP contribution in [-0.4, -0.2) is 6.29 Å². The Morgan fingerprint density at radius 3 is 1.40 bits per heavy atom. The fraction of sp³-hybridized carbons (Fsp3) is 0. The molecule has 0 aliphatic heterocycles. The largest absolute Gasteiger partial charge is 1.00 e. The van der Waals surface area contributed by atoms with Crippen molar-refractivity contribution >= 4 is 6.29 Å². The summed E-state index contributed by atoms with van der Waals surface area (Å²) >= 11 is 0. The molecule has 0 radical (unpaired) electrons. The first-order valence-corrected chi connectivity index (χ1v) is 0.582. The van der Waals surface area contributed by atoms with Gasteiger partial charge in [0.2, 0.25) is 0 Å². The maximum Gasteiger partial charge on any atom is 0.483 e. The third kappa shape index (κ3) is 391. The van der Waals surface area contributed by atoms with Gasteiger partial charge in [-0.1, -0.05) is 0 Å². The van der Waals surface area contributed by atoms with Gasteiger partial charge >= 0.3 is 6.29 Å². The van der Waals surface area contributed by atoms with E-state index in [1.165, 1.54) is 0 Å². The summed E-state index contributed by atoms with van der Waals surface area (Å²) in [5.41, 5.74) is 0. The lowest BCUT2D eigenvalue weighted by atomic mass is 11.6. The summed E-state index contributed by atoms with van der Waals surface area (Å²) in [6.07, 6.45) is -2.83. The number of halogens is 3. The van der Waals surface area contributed by atoms with Crippen LogP contribution in [0.2, 0.25) is 0 Å². The van der Waals surface area contributed by atoms with Crippen LogP contribution in [-0.2, 0) is 0 Å². The molecule has 0 spiro atoms. The predicted octanol–water partition coefficient (Wildman–Crippen LogP) is -1.95. The summed E-state index contributed by atoms with van der Waals surface area (Å²) in [7, 11) is 0. The lowest BCUT2D eigenvalue weighted by Crippen LogP contribution is -3.00. The summed E-state index contributed by atoms with van der Waals surface area (Å²) < 4.78 is 19.4. The van der Waals surface area contributed by atoms with Gasteiger partial charge in [-0.2, -0.15) is 0 Å². The van der Waals surface area contributed by atoms with E-state index < -0.39 is 6.29 Å². The summed E-state index contributed by atoms with van der Waals surface area (Å²) in [5, 5.41) is 0. The topological polar surface area (TPSA) is 17.1 Å². The molecule has 0 saturated carbocycles. The third-order valence-electron chi connectivity index (χ3n) is 0. The predicted molar refractivity (Wildman–Crippen MR) is 7.61 cm³/mol. The number of hydrogen-bond acceptors (Lipinski definition) is 1. The average Bonchev–Trinajstić information content (AvgIpc) is 0.811. The van der Waals surface area contributed by atoms with Crippen LogP contribution in [0.3, 0.4) is 0 Å². The minimum absolute atomic E-state index is 0. The molecular weight excluding hydrogens is 101 g/mol. The molecule has 0 amide bonds. The van der Waals surface area contributed by atoms with Crippen LogP contribution in [0.25, 0.3) is 0 Å². The highest BCUT2D eigenvalue weighted by Gasteiger charge is 1.78. The Hall–Kier alpha value is -0.180. The SMILES string of the molecule is O=C(F)F.[Cl-]. The van der Waals surface area contributed by atoms with E-state index in [4.69, 9.17) is 4.79 Å². The second-order valence-corrected chi connectivity index (χ2v) is 0.226. The first-order valence-electron chi connectivity index (χ1n) is 0.582. The van der Waals surface area contributed by atoms with Gasteiger partial charge in [-0.05, 0) is 0 Å². The summed E-state index contributed by atoms with van der Waals surface area (Å²) in [6, 6.07) is 0. The van der Waals surface area contributed by atoms with E-state index in [0.29, 0.717) is 0 Å². The molecule has 1 nitrogen and oxygen atoms in total. The zero-order chi connectivity index (χ0) is 3.58. The van der Waals surface area contributed by atoms with Crippen LogP contribution >= 0.6 is 0 Å². The molecule has 0 bridgehead atoms. The smallest absolute Gasteiger partial charge is 0.483 e. The van der Waals surface area contributed by atoms with Crippen molar-refractivity contribution in [1.29, 1.82) is 0 Å². The highest BCUT2D eigenvalue weighted by molar-refractivity contribution is 5.55. The average molecular weight is 101 g/mol.